The SMILES string of the molecule is CC(Sc1nncs1)C(=O)NC1CCCCCC1. The Morgan fingerprint density at radius 3 is 2.78 bits per heavy atom. The van der Waals surface area contributed by atoms with Crippen LogP contribution in [-0.4, -0.2) is 27.4 Å². The standard InChI is InChI=1S/C12H19N3OS2/c1-9(18-12-15-13-8-17-12)11(16)14-10-6-4-2-3-5-7-10/h8-10H,2-7H2,1H3,(H,14,16). The van der Waals surface area contributed by atoms with Crippen LogP contribution >= 0.6 is 23.1 Å². The molecule has 1 aliphatic carbocycles. The Morgan fingerprint density at radius 1 is 1.44 bits per heavy atom. The molecule has 0 saturated heterocycles. The normalized spacial score (nSPS) is 19.2. The van der Waals surface area contributed by atoms with E-state index >= 15 is 0 Å². The molecule has 1 N–H and O–H groups in total. The maximum atomic E-state index is 12.1. The molecule has 1 fully saturated rings. The number of hydrogen-bond acceptors (Lipinski definition) is 5. The number of nitrogens with one attached hydrogen (secondary N) is 1. The van der Waals surface area contributed by atoms with Crippen LogP contribution in [0.25, 0.3) is 0 Å². The molecular weight excluding hydrogens is 266 g/mol. The van der Waals surface area contributed by atoms with Crippen LogP contribution < -0.4 is 5.32 Å². The Morgan fingerprint density at radius 2 is 2.17 bits per heavy atom. The van der Waals surface area contributed by atoms with Gasteiger partial charge in [-0.3, -0.25) is 4.79 Å². The molecule has 0 radical (unpaired) electrons. The summed E-state index contributed by atoms with van der Waals surface area (Å²) < 4.78 is 0.860. The second-order valence-electron chi connectivity index (χ2n) is 4.66. The first-order chi connectivity index (χ1) is 8.75. The number of nitrogens with zero attached hydrogens (tertiary/aromatic N) is 2. The van der Waals surface area contributed by atoms with E-state index in [2.05, 4.69) is 15.5 Å². The molecule has 18 heavy (non-hydrogen) atoms. The quantitative estimate of drug-likeness (QED) is 0.682. The summed E-state index contributed by atoms with van der Waals surface area (Å²) in [5.41, 5.74) is 1.69. The van der Waals surface area contributed by atoms with E-state index in [1.807, 2.05) is 6.92 Å². The third kappa shape index (κ3) is 4.24. The second-order valence-corrected chi connectivity index (χ2v) is 7.08. The van der Waals surface area contributed by atoms with Crippen molar-refractivity contribution in [3.63, 3.8) is 0 Å². The molecule has 0 aromatic carbocycles. The van der Waals surface area contributed by atoms with Crippen molar-refractivity contribution in [3.05, 3.63) is 5.51 Å². The molecule has 1 aromatic heterocycles. The fraction of sp³-hybridized carbons (Fsp3) is 0.750. The van der Waals surface area contributed by atoms with E-state index in [-0.39, 0.29) is 11.2 Å². The summed E-state index contributed by atoms with van der Waals surface area (Å²) >= 11 is 2.96. The Bertz CT molecular complexity index is 361. The highest BCUT2D eigenvalue weighted by molar-refractivity contribution is 8.02. The molecule has 0 bridgehead atoms. The Kier molecular flexibility index (Phi) is 5.44. The van der Waals surface area contributed by atoms with Crippen molar-refractivity contribution in [2.75, 3.05) is 0 Å². The van der Waals surface area contributed by atoms with Crippen LogP contribution in [0.1, 0.15) is 45.4 Å². The van der Waals surface area contributed by atoms with E-state index in [0.29, 0.717) is 6.04 Å². The van der Waals surface area contributed by atoms with E-state index < -0.39 is 0 Å². The van der Waals surface area contributed by atoms with Crippen LogP contribution in [0.2, 0.25) is 0 Å². The lowest BCUT2D eigenvalue weighted by molar-refractivity contribution is -0.121. The van der Waals surface area contributed by atoms with Crippen molar-refractivity contribution < 1.29 is 4.79 Å². The van der Waals surface area contributed by atoms with E-state index in [1.54, 1.807) is 5.51 Å². The van der Waals surface area contributed by atoms with Gasteiger partial charge in [-0.25, -0.2) is 0 Å². The van der Waals surface area contributed by atoms with Gasteiger partial charge in [0.25, 0.3) is 0 Å². The molecule has 0 aliphatic heterocycles. The molecule has 1 heterocycles. The lowest BCUT2D eigenvalue weighted by Crippen LogP contribution is -2.39. The number of aromatic nitrogens is 2. The summed E-state index contributed by atoms with van der Waals surface area (Å²) in [6.45, 7) is 1.93. The predicted octanol–water partition coefficient (Wildman–Crippen LogP) is 2.86. The van der Waals surface area contributed by atoms with Crippen molar-refractivity contribution in [3.8, 4) is 0 Å². The molecular formula is C12H19N3OS2. The van der Waals surface area contributed by atoms with Crippen molar-refractivity contribution in [1.82, 2.24) is 15.5 Å². The first-order valence-corrected chi connectivity index (χ1v) is 8.25. The molecule has 2 rings (SSSR count). The summed E-state index contributed by atoms with van der Waals surface area (Å²) in [7, 11) is 0. The van der Waals surface area contributed by atoms with Gasteiger partial charge in [-0.05, 0) is 19.8 Å². The zero-order valence-corrected chi connectivity index (χ0v) is 12.2. The molecule has 0 spiro atoms. The van der Waals surface area contributed by atoms with E-state index in [0.717, 1.165) is 17.2 Å². The number of rotatable bonds is 4. The minimum absolute atomic E-state index is 0.0961. The molecule has 6 heteroatoms. The number of carbonyl (C=O) groups is 1. The van der Waals surface area contributed by atoms with Gasteiger partial charge in [0.1, 0.15) is 5.51 Å². The van der Waals surface area contributed by atoms with Crippen LogP contribution in [0.15, 0.2) is 9.85 Å². The molecule has 1 amide bonds. The van der Waals surface area contributed by atoms with Gasteiger partial charge in [0.15, 0.2) is 4.34 Å². The highest BCUT2D eigenvalue weighted by atomic mass is 32.2. The zero-order valence-electron chi connectivity index (χ0n) is 10.6. The molecule has 1 aliphatic rings. The Labute approximate surface area is 116 Å². The summed E-state index contributed by atoms with van der Waals surface area (Å²) in [6, 6.07) is 0.373. The molecule has 100 valence electrons. The van der Waals surface area contributed by atoms with E-state index in [1.165, 1.54) is 48.8 Å². The summed E-state index contributed by atoms with van der Waals surface area (Å²) in [6.07, 6.45) is 7.35. The lowest BCUT2D eigenvalue weighted by Gasteiger charge is -2.18. The number of hydrogen-bond donors (Lipinski definition) is 1. The summed E-state index contributed by atoms with van der Waals surface area (Å²) in [5.74, 6) is 0.127. The van der Waals surface area contributed by atoms with Crippen LogP contribution in [0.3, 0.4) is 0 Å². The van der Waals surface area contributed by atoms with Crippen LogP contribution in [-0.2, 0) is 4.79 Å². The highest BCUT2D eigenvalue weighted by Crippen LogP contribution is 2.25. The second kappa shape index (κ2) is 7.09. The van der Waals surface area contributed by atoms with Gasteiger partial charge in [-0.1, -0.05) is 48.8 Å². The van der Waals surface area contributed by atoms with Crippen molar-refractivity contribution >= 4 is 29.0 Å². The fourth-order valence-corrected chi connectivity index (χ4v) is 3.80. The average molecular weight is 285 g/mol. The molecule has 4 nitrogen and oxygen atoms in total. The Balaban J connectivity index is 1.79. The van der Waals surface area contributed by atoms with Crippen LogP contribution in [0.5, 0.6) is 0 Å². The third-order valence-corrected chi connectivity index (χ3v) is 5.10. The molecule has 1 atom stereocenters. The zero-order chi connectivity index (χ0) is 12.8. The Hall–Kier alpha value is -0.620. The average Bonchev–Trinajstić information content (AvgIpc) is 2.72. The monoisotopic (exact) mass is 285 g/mol. The van der Waals surface area contributed by atoms with Crippen molar-refractivity contribution in [1.29, 1.82) is 0 Å². The largest absolute Gasteiger partial charge is 0.352 e. The molecule has 1 unspecified atom stereocenters. The number of amides is 1. The first-order valence-electron chi connectivity index (χ1n) is 6.49. The molecule has 1 aromatic rings. The van der Waals surface area contributed by atoms with Gasteiger partial charge < -0.3 is 5.32 Å². The topological polar surface area (TPSA) is 54.9 Å². The van der Waals surface area contributed by atoms with E-state index in [9.17, 15) is 4.79 Å². The van der Waals surface area contributed by atoms with Crippen molar-refractivity contribution in [2.45, 2.75) is 61.1 Å². The minimum Gasteiger partial charge on any atom is -0.352 e. The molecule has 1 saturated carbocycles. The third-order valence-electron chi connectivity index (χ3n) is 3.19. The first kappa shape index (κ1) is 13.8. The highest BCUT2D eigenvalue weighted by Gasteiger charge is 2.20. The van der Waals surface area contributed by atoms with Crippen LogP contribution in [0, 0.1) is 0 Å². The summed E-state index contributed by atoms with van der Waals surface area (Å²) in [4.78, 5) is 12.1. The fourth-order valence-electron chi connectivity index (χ4n) is 2.16. The maximum Gasteiger partial charge on any atom is 0.233 e. The van der Waals surface area contributed by atoms with Gasteiger partial charge in [-0.2, -0.15) is 0 Å². The minimum atomic E-state index is -0.0961. The van der Waals surface area contributed by atoms with Gasteiger partial charge in [0.05, 0.1) is 5.25 Å². The van der Waals surface area contributed by atoms with Gasteiger partial charge >= 0.3 is 0 Å². The maximum absolute atomic E-state index is 12.1. The predicted molar refractivity (Wildman–Crippen MR) is 74.9 cm³/mol. The van der Waals surface area contributed by atoms with E-state index in [4.69, 9.17) is 0 Å². The van der Waals surface area contributed by atoms with Gasteiger partial charge in [0, 0.05) is 6.04 Å². The smallest absolute Gasteiger partial charge is 0.233 e. The van der Waals surface area contributed by atoms with Crippen LogP contribution in [0.4, 0.5) is 0 Å². The number of carbonyl (C=O) groups excluding carboxylic acids is 1. The summed E-state index contributed by atoms with van der Waals surface area (Å²) in [5, 5.41) is 10.8. The van der Waals surface area contributed by atoms with Crippen molar-refractivity contribution in [2.24, 2.45) is 0 Å². The number of thioether (sulfide) groups is 1. The lowest BCUT2D eigenvalue weighted by atomic mass is 10.1. The van der Waals surface area contributed by atoms with Gasteiger partial charge in [-0.15, -0.1) is 10.2 Å². The van der Waals surface area contributed by atoms with Gasteiger partial charge in [0.2, 0.25) is 5.91 Å².